The predicted molar refractivity (Wildman–Crippen MR) is 79.2 cm³/mol. The van der Waals surface area contributed by atoms with E-state index < -0.39 is 0 Å². The topological polar surface area (TPSA) is 35.5 Å². The Balaban J connectivity index is 1.85. The molecule has 3 nitrogen and oxygen atoms in total. The van der Waals surface area contributed by atoms with Crippen LogP contribution in [0.3, 0.4) is 0 Å². The maximum Gasteiger partial charge on any atom is 0.123 e. The number of benzene rings is 1. The number of rotatable bonds is 6. The molecule has 1 aliphatic heterocycles. The number of likely N-dealkylation sites (N-methyl/N-ethyl adjacent to an activating group) is 1. The van der Waals surface area contributed by atoms with Crippen LogP contribution in [0.2, 0.25) is 0 Å². The van der Waals surface area contributed by atoms with Gasteiger partial charge in [0.15, 0.2) is 0 Å². The lowest BCUT2D eigenvalue weighted by atomic mass is 9.89. The zero-order chi connectivity index (χ0) is 14.4. The smallest absolute Gasteiger partial charge is 0.123 e. The normalized spacial score (nSPS) is 23.9. The monoisotopic (exact) mass is 280 g/mol. The molecule has 1 fully saturated rings. The van der Waals surface area contributed by atoms with E-state index in [0.717, 1.165) is 38.9 Å². The molecule has 1 saturated heterocycles. The van der Waals surface area contributed by atoms with E-state index in [0.29, 0.717) is 12.0 Å². The van der Waals surface area contributed by atoms with Crippen LogP contribution in [0.5, 0.6) is 0 Å². The van der Waals surface area contributed by atoms with Crippen LogP contribution in [0, 0.1) is 11.7 Å². The minimum Gasteiger partial charge on any atom is -0.396 e. The summed E-state index contributed by atoms with van der Waals surface area (Å²) in [6, 6.07) is 7.35. The summed E-state index contributed by atoms with van der Waals surface area (Å²) in [5, 5.41) is 12.4. The molecule has 2 rings (SSSR count). The molecule has 0 aliphatic carbocycles. The van der Waals surface area contributed by atoms with Crippen LogP contribution < -0.4 is 5.32 Å². The summed E-state index contributed by atoms with van der Waals surface area (Å²) in [5.74, 6) is 0.434. The Morgan fingerprint density at radius 1 is 1.30 bits per heavy atom. The lowest BCUT2D eigenvalue weighted by Gasteiger charge is -2.36. The molecule has 2 N–H and O–H groups in total. The first-order valence-corrected chi connectivity index (χ1v) is 7.44. The molecular weight excluding hydrogens is 255 g/mol. The lowest BCUT2D eigenvalue weighted by Crippen LogP contribution is -2.48. The van der Waals surface area contributed by atoms with Gasteiger partial charge in [-0.1, -0.05) is 12.1 Å². The molecule has 112 valence electrons. The van der Waals surface area contributed by atoms with Crippen LogP contribution in [-0.4, -0.2) is 49.3 Å². The van der Waals surface area contributed by atoms with Crippen molar-refractivity contribution in [1.29, 1.82) is 0 Å². The zero-order valence-corrected chi connectivity index (χ0v) is 12.2. The van der Waals surface area contributed by atoms with Gasteiger partial charge in [0, 0.05) is 25.7 Å². The Hall–Kier alpha value is -0.970. The number of aliphatic hydroxyl groups excluding tert-OH is 1. The van der Waals surface area contributed by atoms with Crippen LogP contribution in [0.4, 0.5) is 4.39 Å². The van der Waals surface area contributed by atoms with Crippen LogP contribution >= 0.6 is 0 Å². The summed E-state index contributed by atoms with van der Waals surface area (Å²) in [6.07, 6.45) is 2.96. The molecule has 0 spiro atoms. The number of likely N-dealkylation sites (tertiary alicyclic amines) is 1. The average molecular weight is 280 g/mol. The highest BCUT2D eigenvalue weighted by Crippen LogP contribution is 2.20. The van der Waals surface area contributed by atoms with E-state index in [1.807, 2.05) is 12.1 Å². The number of hydrogen-bond acceptors (Lipinski definition) is 3. The van der Waals surface area contributed by atoms with Gasteiger partial charge in [-0.2, -0.15) is 0 Å². The highest BCUT2D eigenvalue weighted by molar-refractivity contribution is 5.17. The van der Waals surface area contributed by atoms with Crippen molar-refractivity contribution >= 4 is 0 Å². The van der Waals surface area contributed by atoms with Gasteiger partial charge in [0.2, 0.25) is 0 Å². The second kappa shape index (κ2) is 7.72. The molecule has 4 heteroatoms. The Morgan fingerprint density at radius 3 is 2.75 bits per heavy atom. The molecule has 2 atom stereocenters. The number of nitrogens with one attached hydrogen (secondary N) is 1. The van der Waals surface area contributed by atoms with Gasteiger partial charge in [0.05, 0.1) is 0 Å². The van der Waals surface area contributed by atoms with Gasteiger partial charge in [-0.05, 0) is 56.5 Å². The maximum atomic E-state index is 12.9. The van der Waals surface area contributed by atoms with E-state index in [1.54, 1.807) is 12.1 Å². The fourth-order valence-corrected chi connectivity index (χ4v) is 3.08. The third kappa shape index (κ3) is 4.85. The molecule has 0 aromatic heterocycles. The summed E-state index contributed by atoms with van der Waals surface area (Å²) in [7, 11) is 2.15. The molecule has 0 saturated carbocycles. The minimum absolute atomic E-state index is 0.168. The van der Waals surface area contributed by atoms with Gasteiger partial charge >= 0.3 is 0 Å². The number of nitrogens with zero attached hydrogens (tertiary/aromatic N) is 1. The quantitative estimate of drug-likeness (QED) is 0.778. The van der Waals surface area contributed by atoms with Gasteiger partial charge in [0.1, 0.15) is 5.82 Å². The first-order valence-electron chi connectivity index (χ1n) is 7.44. The van der Waals surface area contributed by atoms with Crippen molar-refractivity contribution in [2.45, 2.75) is 25.3 Å². The fourth-order valence-electron chi connectivity index (χ4n) is 3.08. The van der Waals surface area contributed by atoms with Crippen LogP contribution in [0.15, 0.2) is 24.3 Å². The van der Waals surface area contributed by atoms with Crippen molar-refractivity contribution in [2.24, 2.45) is 5.92 Å². The number of halogens is 1. The molecule has 2 unspecified atom stereocenters. The summed E-state index contributed by atoms with van der Waals surface area (Å²) in [5.41, 5.74) is 1.21. The van der Waals surface area contributed by atoms with Crippen molar-refractivity contribution in [3.8, 4) is 0 Å². The SMILES string of the molecule is CN1CC(Cc2ccc(F)cc2)CC(NCCCO)C1. The van der Waals surface area contributed by atoms with Crippen LogP contribution in [-0.2, 0) is 6.42 Å². The van der Waals surface area contributed by atoms with E-state index in [4.69, 9.17) is 5.11 Å². The Kier molecular flexibility index (Phi) is 5.95. The molecule has 1 aliphatic rings. The number of aliphatic hydroxyl groups is 1. The third-order valence-electron chi connectivity index (χ3n) is 3.93. The fraction of sp³-hybridized carbons (Fsp3) is 0.625. The third-order valence-corrected chi connectivity index (χ3v) is 3.93. The van der Waals surface area contributed by atoms with E-state index in [2.05, 4.69) is 17.3 Å². The molecular formula is C16H25FN2O. The maximum absolute atomic E-state index is 12.9. The van der Waals surface area contributed by atoms with E-state index in [1.165, 1.54) is 5.56 Å². The zero-order valence-electron chi connectivity index (χ0n) is 12.2. The van der Waals surface area contributed by atoms with E-state index in [-0.39, 0.29) is 12.4 Å². The highest BCUT2D eigenvalue weighted by Gasteiger charge is 2.24. The molecule has 1 aromatic carbocycles. The largest absolute Gasteiger partial charge is 0.396 e. The Bertz CT molecular complexity index is 396. The van der Waals surface area contributed by atoms with Gasteiger partial charge in [-0.15, -0.1) is 0 Å². The summed E-state index contributed by atoms with van der Waals surface area (Å²) >= 11 is 0. The van der Waals surface area contributed by atoms with Crippen molar-refractivity contribution < 1.29 is 9.50 Å². The standard InChI is InChI=1S/C16H25FN2O/c1-19-11-14(9-13-3-5-15(17)6-4-13)10-16(12-19)18-7-2-8-20/h3-6,14,16,18,20H,2,7-12H2,1H3. The second-order valence-electron chi connectivity index (χ2n) is 5.88. The molecule has 0 radical (unpaired) electrons. The van der Waals surface area contributed by atoms with Crippen LogP contribution in [0.1, 0.15) is 18.4 Å². The lowest BCUT2D eigenvalue weighted by molar-refractivity contribution is 0.166. The molecule has 1 aromatic rings. The van der Waals surface area contributed by atoms with E-state index >= 15 is 0 Å². The molecule has 20 heavy (non-hydrogen) atoms. The summed E-state index contributed by atoms with van der Waals surface area (Å²) < 4.78 is 12.9. The molecule has 0 amide bonds. The van der Waals surface area contributed by atoms with Crippen molar-refractivity contribution in [3.05, 3.63) is 35.6 Å². The molecule has 1 heterocycles. The number of hydrogen-bond donors (Lipinski definition) is 2. The van der Waals surface area contributed by atoms with Crippen LogP contribution in [0.25, 0.3) is 0 Å². The van der Waals surface area contributed by atoms with Gasteiger partial charge < -0.3 is 15.3 Å². The minimum atomic E-state index is -0.168. The first kappa shape index (κ1) is 15.4. The van der Waals surface area contributed by atoms with Gasteiger partial charge in [-0.25, -0.2) is 4.39 Å². The summed E-state index contributed by atoms with van der Waals surface area (Å²) in [6.45, 7) is 3.27. The number of piperidine rings is 1. The van der Waals surface area contributed by atoms with Crippen molar-refractivity contribution in [1.82, 2.24) is 10.2 Å². The van der Waals surface area contributed by atoms with Crippen molar-refractivity contribution in [3.63, 3.8) is 0 Å². The average Bonchev–Trinajstić information content (AvgIpc) is 2.41. The van der Waals surface area contributed by atoms with Gasteiger partial charge in [-0.3, -0.25) is 0 Å². The Morgan fingerprint density at radius 2 is 2.05 bits per heavy atom. The summed E-state index contributed by atoms with van der Waals surface area (Å²) in [4.78, 5) is 2.36. The van der Waals surface area contributed by atoms with E-state index in [9.17, 15) is 4.39 Å². The molecule has 0 bridgehead atoms. The first-order chi connectivity index (χ1) is 9.67. The van der Waals surface area contributed by atoms with Crippen molar-refractivity contribution in [2.75, 3.05) is 33.3 Å². The Labute approximate surface area is 120 Å². The second-order valence-corrected chi connectivity index (χ2v) is 5.88. The predicted octanol–water partition coefficient (Wildman–Crippen LogP) is 1.66. The highest BCUT2D eigenvalue weighted by atomic mass is 19.1. The van der Waals surface area contributed by atoms with Gasteiger partial charge in [0.25, 0.3) is 0 Å².